The number of carbonyl (C=O) groups is 1. The zero-order chi connectivity index (χ0) is 22.1. The number of hydrogen-bond donors (Lipinski definition) is 1. The van der Waals surface area contributed by atoms with Crippen LogP contribution in [-0.4, -0.2) is 35.4 Å². The van der Waals surface area contributed by atoms with E-state index < -0.39 is 0 Å². The molecular formula is C23H21N7OS. The van der Waals surface area contributed by atoms with Gasteiger partial charge < -0.3 is 14.5 Å². The van der Waals surface area contributed by atoms with Gasteiger partial charge in [-0.2, -0.15) is 0 Å². The van der Waals surface area contributed by atoms with Crippen molar-refractivity contribution in [1.29, 1.82) is 0 Å². The summed E-state index contributed by atoms with van der Waals surface area (Å²) < 4.78 is 1.97. The van der Waals surface area contributed by atoms with Crippen molar-refractivity contribution >= 4 is 34.0 Å². The predicted octanol–water partition coefficient (Wildman–Crippen LogP) is 4.13. The minimum atomic E-state index is -0.0830. The maximum Gasteiger partial charge on any atom is 0.247 e. The number of imidazole rings is 2. The van der Waals surface area contributed by atoms with Crippen LogP contribution >= 0.6 is 11.3 Å². The van der Waals surface area contributed by atoms with E-state index in [1.807, 2.05) is 48.7 Å². The average Bonchev–Trinajstić information content (AvgIpc) is 3.53. The number of aromatic nitrogens is 6. The molecule has 5 rings (SSSR count). The lowest BCUT2D eigenvalue weighted by Gasteiger charge is -2.23. The molecule has 4 aromatic heterocycles. The van der Waals surface area contributed by atoms with Gasteiger partial charge in [-0.3, -0.25) is 9.78 Å². The van der Waals surface area contributed by atoms with Crippen LogP contribution in [-0.2, 0) is 17.9 Å². The number of hydrogen-bond acceptors (Lipinski definition) is 6. The number of amides is 1. The number of para-hydroxylation sites is 2. The van der Waals surface area contributed by atoms with E-state index in [-0.39, 0.29) is 12.5 Å². The Labute approximate surface area is 188 Å². The molecule has 0 fully saturated rings. The molecule has 160 valence electrons. The number of pyridine rings is 1. The number of nitrogens with one attached hydrogen (secondary N) is 1. The second-order valence-electron chi connectivity index (χ2n) is 7.51. The zero-order valence-corrected chi connectivity index (χ0v) is 18.5. The highest BCUT2D eigenvalue weighted by atomic mass is 32.1. The summed E-state index contributed by atoms with van der Waals surface area (Å²) in [4.78, 5) is 37.2. The first kappa shape index (κ1) is 20.1. The zero-order valence-electron chi connectivity index (χ0n) is 17.7. The Morgan fingerprint density at radius 1 is 1.19 bits per heavy atom. The van der Waals surface area contributed by atoms with Crippen molar-refractivity contribution < 1.29 is 4.79 Å². The molecule has 1 N–H and O–H groups in total. The third kappa shape index (κ3) is 3.78. The van der Waals surface area contributed by atoms with Crippen LogP contribution in [0.1, 0.15) is 17.1 Å². The largest absolute Gasteiger partial charge is 0.347 e. The molecule has 4 heterocycles. The summed E-state index contributed by atoms with van der Waals surface area (Å²) in [5, 5.41) is 0. The molecule has 9 heteroatoms. The van der Waals surface area contributed by atoms with E-state index in [2.05, 4.69) is 19.9 Å². The fourth-order valence-electron chi connectivity index (χ4n) is 3.69. The molecule has 0 aliphatic carbocycles. The molecule has 0 atom stereocenters. The molecule has 32 heavy (non-hydrogen) atoms. The maximum absolute atomic E-state index is 13.7. The number of aromatic amines is 1. The fraction of sp³-hybridized carbons (Fsp3) is 0.174. The Hall–Kier alpha value is -3.85. The molecule has 8 nitrogen and oxygen atoms in total. The number of thiazole rings is 1. The lowest BCUT2D eigenvalue weighted by atomic mass is 10.2. The minimum absolute atomic E-state index is 0.0830. The first-order valence-corrected chi connectivity index (χ1v) is 11.0. The number of fused-ring (bicyclic) bond motifs is 1. The van der Waals surface area contributed by atoms with Gasteiger partial charge in [0.05, 0.1) is 45.5 Å². The number of aryl methyl sites for hydroxylation is 2. The number of benzene rings is 1. The summed E-state index contributed by atoms with van der Waals surface area (Å²) in [6.07, 6.45) is 6.91. The van der Waals surface area contributed by atoms with Gasteiger partial charge in [-0.25, -0.2) is 15.0 Å². The lowest BCUT2D eigenvalue weighted by molar-refractivity contribution is -0.119. The van der Waals surface area contributed by atoms with Crippen molar-refractivity contribution in [2.75, 3.05) is 4.90 Å². The van der Waals surface area contributed by atoms with Crippen LogP contribution in [0.3, 0.4) is 0 Å². The van der Waals surface area contributed by atoms with Gasteiger partial charge in [-0.05, 0) is 37.6 Å². The van der Waals surface area contributed by atoms with Crippen LogP contribution in [0, 0.1) is 13.8 Å². The summed E-state index contributed by atoms with van der Waals surface area (Å²) in [6, 6.07) is 9.81. The van der Waals surface area contributed by atoms with E-state index in [4.69, 9.17) is 4.98 Å². The van der Waals surface area contributed by atoms with Gasteiger partial charge in [0.2, 0.25) is 5.91 Å². The van der Waals surface area contributed by atoms with E-state index in [9.17, 15) is 4.79 Å². The van der Waals surface area contributed by atoms with Crippen molar-refractivity contribution in [3.05, 3.63) is 77.7 Å². The normalized spacial score (nSPS) is 11.2. The molecule has 1 amide bonds. The van der Waals surface area contributed by atoms with Crippen molar-refractivity contribution in [2.45, 2.75) is 26.9 Å². The molecule has 0 bridgehead atoms. The van der Waals surface area contributed by atoms with Gasteiger partial charge in [0.25, 0.3) is 0 Å². The summed E-state index contributed by atoms with van der Waals surface area (Å²) in [5.74, 6) is 1.37. The van der Waals surface area contributed by atoms with Gasteiger partial charge in [-0.15, -0.1) is 11.3 Å². The van der Waals surface area contributed by atoms with Gasteiger partial charge >= 0.3 is 0 Å². The van der Waals surface area contributed by atoms with E-state index >= 15 is 0 Å². The highest BCUT2D eigenvalue weighted by Gasteiger charge is 2.23. The van der Waals surface area contributed by atoms with Crippen LogP contribution in [0.5, 0.6) is 0 Å². The van der Waals surface area contributed by atoms with Crippen molar-refractivity contribution in [3.8, 4) is 10.7 Å². The maximum atomic E-state index is 13.7. The summed E-state index contributed by atoms with van der Waals surface area (Å²) >= 11 is 1.53. The molecule has 0 aliphatic rings. The summed E-state index contributed by atoms with van der Waals surface area (Å²) in [5.41, 5.74) is 6.16. The molecule has 0 saturated carbocycles. The first-order valence-electron chi connectivity index (χ1n) is 10.2. The Balaban J connectivity index is 1.57. The van der Waals surface area contributed by atoms with Crippen LogP contribution in [0.25, 0.3) is 21.7 Å². The molecule has 5 aromatic rings. The molecular weight excluding hydrogens is 422 g/mol. The fourth-order valence-corrected chi connectivity index (χ4v) is 4.49. The topological polar surface area (TPSA) is 92.6 Å². The molecule has 1 aromatic carbocycles. The highest BCUT2D eigenvalue weighted by Crippen LogP contribution is 2.30. The monoisotopic (exact) mass is 443 g/mol. The SMILES string of the molecule is Cc1cncc(N(Cc2ncc[nH]2)C(=O)Cn2c(-c3scnc3C)nc3ccccc32)c1. The number of H-pyrrole nitrogens is 1. The Kier molecular flexibility index (Phi) is 5.24. The van der Waals surface area contributed by atoms with Crippen LogP contribution < -0.4 is 4.90 Å². The number of nitrogens with zero attached hydrogens (tertiary/aromatic N) is 6. The first-order chi connectivity index (χ1) is 15.6. The smallest absolute Gasteiger partial charge is 0.247 e. The number of anilines is 1. The van der Waals surface area contributed by atoms with Gasteiger partial charge in [0.15, 0.2) is 5.82 Å². The summed E-state index contributed by atoms with van der Waals surface area (Å²) in [7, 11) is 0. The van der Waals surface area contributed by atoms with Gasteiger partial charge in [0.1, 0.15) is 12.4 Å². The van der Waals surface area contributed by atoms with Gasteiger partial charge in [-0.1, -0.05) is 12.1 Å². The van der Waals surface area contributed by atoms with E-state index in [1.165, 1.54) is 11.3 Å². The molecule has 0 unspecified atom stereocenters. The number of carbonyl (C=O) groups excluding carboxylic acids is 1. The van der Waals surface area contributed by atoms with Crippen molar-refractivity contribution in [2.24, 2.45) is 0 Å². The van der Waals surface area contributed by atoms with Gasteiger partial charge in [0, 0.05) is 18.6 Å². The summed E-state index contributed by atoms with van der Waals surface area (Å²) in [6.45, 7) is 4.36. The van der Waals surface area contributed by atoms with E-state index in [0.717, 1.165) is 38.7 Å². The minimum Gasteiger partial charge on any atom is -0.347 e. The molecule has 0 saturated heterocycles. The molecule has 0 aliphatic heterocycles. The Bertz CT molecular complexity index is 1390. The van der Waals surface area contributed by atoms with E-state index in [0.29, 0.717) is 12.4 Å². The van der Waals surface area contributed by atoms with E-state index in [1.54, 1.807) is 35.2 Å². The molecule has 0 spiro atoms. The van der Waals surface area contributed by atoms with Crippen molar-refractivity contribution in [3.63, 3.8) is 0 Å². The highest BCUT2D eigenvalue weighted by molar-refractivity contribution is 7.13. The lowest BCUT2D eigenvalue weighted by Crippen LogP contribution is -2.34. The Morgan fingerprint density at radius 2 is 2.06 bits per heavy atom. The second kappa shape index (κ2) is 8.35. The standard InChI is InChI=1S/C23H21N7OS/c1-15-9-17(11-24-10-15)29(12-20-25-7-8-26-20)21(31)13-30-19-6-4-3-5-18(19)28-23(30)22-16(2)27-14-32-22/h3-11,14H,12-13H2,1-2H3,(H,25,26). The van der Waals surface area contributed by atoms with Crippen LogP contribution in [0.4, 0.5) is 5.69 Å². The average molecular weight is 444 g/mol. The second-order valence-corrected chi connectivity index (χ2v) is 8.37. The van der Waals surface area contributed by atoms with Crippen molar-refractivity contribution in [1.82, 2.24) is 29.5 Å². The molecule has 0 radical (unpaired) electrons. The number of rotatable bonds is 6. The quantitative estimate of drug-likeness (QED) is 0.426. The third-order valence-electron chi connectivity index (χ3n) is 5.23. The predicted molar refractivity (Wildman–Crippen MR) is 124 cm³/mol. The van der Waals surface area contributed by atoms with Crippen LogP contribution in [0.15, 0.2) is 60.6 Å². The van der Waals surface area contributed by atoms with Crippen LogP contribution in [0.2, 0.25) is 0 Å². The Morgan fingerprint density at radius 3 is 2.81 bits per heavy atom. The third-order valence-corrected chi connectivity index (χ3v) is 6.16.